The number of alkyl halides is 2. The van der Waals surface area contributed by atoms with E-state index in [9.17, 15) is 8.78 Å². The molecule has 0 heterocycles. The Labute approximate surface area is 124 Å². The second-order valence-corrected chi connectivity index (χ2v) is 5.36. The van der Waals surface area contributed by atoms with Gasteiger partial charge in [0.15, 0.2) is 5.96 Å². The third kappa shape index (κ3) is 4.51. The minimum Gasteiger partial charge on any atom is -0.370 e. The molecule has 6 heteroatoms. The molecule has 3 nitrogen and oxygen atoms in total. The van der Waals surface area contributed by atoms with Crippen LogP contribution in [0.3, 0.4) is 0 Å². The minimum absolute atomic E-state index is 0. The van der Waals surface area contributed by atoms with Gasteiger partial charge in [0.05, 0.1) is 0 Å². The van der Waals surface area contributed by atoms with Gasteiger partial charge in [-0.15, -0.1) is 24.0 Å². The van der Waals surface area contributed by atoms with E-state index in [1.54, 1.807) is 0 Å². The van der Waals surface area contributed by atoms with Crippen molar-refractivity contribution in [1.29, 1.82) is 0 Å². The predicted molar refractivity (Wildman–Crippen MR) is 79.6 cm³/mol. The molecule has 0 radical (unpaired) electrons. The third-order valence-electron chi connectivity index (χ3n) is 3.71. The second kappa shape index (κ2) is 6.34. The van der Waals surface area contributed by atoms with Crippen molar-refractivity contribution in [3.8, 4) is 0 Å². The van der Waals surface area contributed by atoms with Gasteiger partial charge in [-0.3, -0.25) is 4.99 Å². The molecule has 2 rings (SSSR count). The molecular weight excluding hydrogens is 351 g/mol. The normalized spacial score (nSPS) is 27.5. The van der Waals surface area contributed by atoms with E-state index in [2.05, 4.69) is 4.99 Å². The number of aliphatic imine (C=N–C) groups is 1. The highest BCUT2D eigenvalue weighted by molar-refractivity contribution is 14.0. The van der Waals surface area contributed by atoms with Gasteiger partial charge >= 0.3 is 0 Å². The lowest BCUT2D eigenvalue weighted by molar-refractivity contribution is -0.0508. The third-order valence-corrected chi connectivity index (χ3v) is 3.71. The Hall–Kier alpha value is -0.140. The van der Waals surface area contributed by atoms with Crippen LogP contribution >= 0.6 is 24.0 Å². The summed E-state index contributed by atoms with van der Waals surface area (Å²) < 4.78 is 26.4. The summed E-state index contributed by atoms with van der Waals surface area (Å²) in [5.74, 6) is -2.00. The van der Waals surface area contributed by atoms with Crippen LogP contribution in [-0.2, 0) is 0 Å². The summed E-state index contributed by atoms with van der Waals surface area (Å²) in [6.07, 6.45) is 3.77. The summed E-state index contributed by atoms with van der Waals surface area (Å²) >= 11 is 0. The topological polar surface area (TPSA) is 41.6 Å². The number of halogens is 3. The summed E-state index contributed by atoms with van der Waals surface area (Å²) in [6, 6.07) is 0.520. The fourth-order valence-electron chi connectivity index (χ4n) is 2.41. The SMILES string of the molecule is CN(C(N)=NCC1CCCC(F)(F)C1)C1CC1.I. The molecule has 0 amide bonds. The molecule has 0 bridgehead atoms. The smallest absolute Gasteiger partial charge is 0.248 e. The van der Waals surface area contributed by atoms with Crippen LogP contribution in [0.2, 0.25) is 0 Å². The fourth-order valence-corrected chi connectivity index (χ4v) is 2.41. The Morgan fingerprint density at radius 1 is 1.39 bits per heavy atom. The second-order valence-electron chi connectivity index (χ2n) is 5.36. The Kier molecular flexibility index (Phi) is 5.61. The molecule has 2 aliphatic rings. The zero-order valence-corrected chi connectivity index (χ0v) is 13.1. The molecule has 0 aromatic heterocycles. The van der Waals surface area contributed by atoms with E-state index >= 15 is 0 Å². The van der Waals surface area contributed by atoms with Crippen LogP contribution in [0.5, 0.6) is 0 Å². The van der Waals surface area contributed by atoms with Crippen LogP contribution in [0.25, 0.3) is 0 Å². The van der Waals surface area contributed by atoms with Gasteiger partial charge in [-0.05, 0) is 31.6 Å². The first-order valence-corrected chi connectivity index (χ1v) is 6.38. The molecule has 0 saturated heterocycles. The largest absolute Gasteiger partial charge is 0.370 e. The van der Waals surface area contributed by atoms with E-state index < -0.39 is 5.92 Å². The Morgan fingerprint density at radius 3 is 2.61 bits per heavy atom. The zero-order chi connectivity index (χ0) is 12.5. The number of rotatable bonds is 3. The summed E-state index contributed by atoms with van der Waals surface area (Å²) in [6.45, 7) is 0.443. The quantitative estimate of drug-likeness (QED) is 0.470. The van der Waals surface area contributed by atoms with Crippen LogP contribution in [0.1, 0.15) is 38.5 Å². The number of hydrogen-bond donors (Lipinski definition) is 1. The predicted octanol–water partition coefficient (Wildman–Crippen LogP) is 2.84. The maximum Gasteiger partial charge on any atom is 0.248 e. The maximum absolute atomic E-state index is 13.2. The lowest BCUT2D eigenvalue weighted by Crippen LogP contribution is -2.36. The Bertz CT molecular complexity index is 306. The molecule has 0 aromatic rings. The fraction of sp³-hybridized carbons (Fsp3) is 0.917. The summed E-state index contributed by atoms with van der Waals surface area (Å²) in [5.41, 5.74) is 5.83. The molecule has 2 aliphatic carbocycles. The van der Waals surface area contributed by atoms with Crippen molar-refractivity contribution in [3.05, 3.63) is 0 Å². The van der Waals surface area contributed by atoms with Gasteiger partial charge in [0.2, 0.25) is 5.92 Å². The zero-order valence-electron chi connectivity index (χ0n) is 10.7. The van der Waals surface area contributed by atoms with E-state index in [4.69, 9.17) is 5.73 Å². The molecule has 0 aliphatic heterocycles. The van der Waals surface area contributed by atoms with E-state index in [0.717, 1.165) is 19.3 Å². The average molecular weight is 373 g/mol. The van der Waals surface area contributed by atoms with E-state index in [1.807, 2.05) is 11.9 Å². The average Bonchev–Trinajstić information content (AvgIpc) is 3.07. The van der Waals surface area contributed by atoms with Crippen molar-refractivity contribution in [2.45, 2.75) is 50.5 Å². The summed E-state index contributed by atoms with van der Waals surface area (Å²) in [5, 5.41) is 0. The van der Waals surface area contributed by atoms with Gasteiger partial charge in [-0.1, -0.05) is 0 Å². The number of nitrogens with two attached hydrogens (primary N) is 1. The molecule has 18 heavy (non-hydrogen) atoms. The molecular formula is C12H22F2IN3. The molecule has 2 fully saturated rings. The van der Waals surface area contributed by atoms with E-state index in [1.165, 1.54) is 0 Å². The molecule has 0 aromatic carbocycles. The molecule has 0 spiro atoms. The van der Waals surface area contributed by atoms with Gasteiger partial charge in [-0.2, -0.15) is 0 Å². The van der Waals surface area contributed by atoms with Gasteiger partial charge in [-0.25, -0.2) is 8.78 Å². The van der Waals surface area contributed by atoms with Crippen molar-refractivity contribution in [2.75, 3.05) is 13.6 Å². The highest BCUT2D eigenvalue weighted by Crippen LogP contribution is 2.36. The van der Waals surface area contributed by atoms with Crippen LogP contribution < -0.4 is 5.73 Å². The highest BCUT2D eigenvalue weighted by atomic mass is 127. The van der Waals surface area contributed by atoms with Gasteiger partial charge in [0, 0.05) is 32.5 Å². The van der Waals surface area contributed by atoms with E-state index in [0.29, 0.717) is 25.0 Å². The number of nitrogens with zero attached hydrogens (tertiary/aromatic N) is 2. The standard InChI is InChI=1S/C12H21F2N3.HI/c1-17(10-4-5-10)11(15)16-8-9-3-2-6-12(13,14)7-9;/h9-10H,2-8H2,1H3,(H2,15,16);1H. The van der Waals surface area contributed by atoms with Crippen LogP contribution in [0.4, 0.5) is 8.78 Å². The van der Waals surface area contributed by atoms with Crippen molar-refractivity contribution in [2.24, 2.45) is 16.6 Å². The van der Waals surface area contributed by atoms with Gasteiger partial charge in [0.1, 0.15) is 0 Å². The molecule has 1 atom stereocenters. The molecule has 106 valence electrons. The first kappa shape index (κ1) is 15.9. The van der Waals surface area contributed by atoms with E-state index in [-0.39, 0.29) is 42.7 Å². The lowest BCUT2D eigenvalue weighted by atomic mass is 9.87. The lowest BCUT2D eigenvalue weighted by Gasteiger charge is -2.28. The van der Waals surface area contributed by atoms with Crippen molar-refractivity contribution < 1.29 is 8.78 Å². The number of guanidine groups is 1. The first-order chi connectivity index (χ1) is 7.98. The molecule has 2 N–H and O–H groups in total. The van der Waals surface area contributed by atoms with Crippen LogP contribution in [-0.4, -0.2) is 36.4 Å². The van der Waals surface area contributed by atoms with Gasteiger partial charge < -0.3 is 10.6 Å². The number of hydrogen-bond acceptors (Lipinski definition) is 1. The first-order valence-electron chi connectivity index (χ1n) is 6.38. The Balaban J connectivity index is 0.00000162. The van der Waals surface area contributed by atoms with Crippen LogP contribution in [0.15, 0.2) is 4.99 Å². The van der Waals surface area contributed by atoms with Crippen molar-refractivity contribution in [3.63, 3.8) is 0 Å². The molecule has 1 unspecified atom stereocenters. The monoisotopic (exact) mass is 373 g/mol. The van der Waals surface area contributed by atoms with Crippen molar-refractivity contribution >= 4 is 29.9 Å². The minimum atomic E-state index is -2.49. The van der Waals surface area contributed by atoms with Crippen LogP contribution in [0, 0.1) is 5.92 Å². The highest BCUT2D eigenvalue weighted by Gasteiger charge is 2.36. The summed E-state index contributed by atoms with van der Waals surface area (Å²) in [7, 11) is 1.92. The summed E-state index contributed by atoms with van der Waals surface area (Å²) in [4.78, 5) is 6.22. The van der Waals surface area contributed by atoms with Gasteiger partial charge in [0.25, 0.3) is 0 Å². The molecule has 2 saturated carbocycles. The maximum atomic E-state index is 13.2. The van der Waals surface area contributed by atoms with Crippen molar-refractivity contribution in [1.82, 2.24) is 4.90 Å². The Morgan fingerprint density at radius 2 is 2.06 bits per heavy atom.